The highest BCUT2D eigenvalue weighted by atomic mass is 16.4. The van der Waals surface area contributed by atoms with E-state index in [4.69, 9.17) is 0 Å². The Labute approximate surface area is 184 Å². The van der Waals surface area contributed by atoms with Gasteiger partial charge < -0.3 is 15.4 Å². The van der Waals surface area contributed by atoms with Gasteiger partial charge in [0.05, 0.1) is 5.71 Å². The van der Waals surface area contributed by atoms with E-state index in [1.54, 1.807) is 6.20 Å². The zero-order valence-corrected chi connectivity index (χ0v) is 18.3. The largest absolute Gasteiger partial charge is 0.411 e. The molecule has 3 aromatic rings. The second-order valence-electron chi connectivity index (χ2n) is 8.17. The molecule has 160 valence electrons. The summed E-state index contributed by atoms with van der Waals surface area (Å²) in [5.41, 5.74) is 7.46. The maximum Gasteiger partial charge on any atom is 0.0878 e. The SMILES string of the molecule is Cc1cc(/C(C[C@H](c2ccc(N3CCNCC3)cc2)c2ccccc2C)=N/O)ccn1. The van der Waals surface area contributed by atoms with Crippen molar-refractivity contribution < 1.29 is 5.21 Å². The summed E-state index contributed by atoms with van der Waals surface area (Å²) in [6.07, 6.45) is 2.37. The molecule has 0 bridgehead atoms. The predicted octanol–water partition coefficient (Wildman–Crippen LogP) is 4.51. The third kappa shape index (κ3) is 4.94. The van der Waals surface area contributed by atoms with E-state index in [1.807, 2.05) is 19.1 Å². The van der Waals surface area contributed by atoms with Crippen molar-refractivity contribution in [3.63, 3.8) is 0 Å². The number of aryl methyl sites for hydroxylation is 2. The number of hydrogen-bond donors (Lipinski definition) is 2. The minimum Gasteiger partial charge on any atom is -0.411 e. The summed E-state index contributed by atoms with van der Waals surface area (Å²) < 4.78 is 0. The summed E-state index contributed by atoms with van der Waals surface area (Å²) >= 11 is 0. The summed E-state index contributed by atoms with van der Waals surface area (Å²) in [7, 11) is 0. The Kier molecular flexibility index (Phi) is 6.63. The molecule has 5 nitrogen and oxygen atoms in total. The van der Waals surface area contributed by atoms with Crippen molar-refractivity contribution in [3.8, 4) is 0 Å². The predicted molar refractivity (Wildman–Crippen MR) is 126 cm³/mol. The number of hydrogen-bond acceptors (Lipinski definition) is 5. The average molecular weight is 415 g/mol. The van der Waals surface area contributed by atoms with Gasteiger partial charge in [0.25, 0.3) is 0 Å². The van der Waals surface area contributed by atoms with Crippen LogP contribution in [0.4, 0.5) is 5.69 Å². The monoisotopic (exact) mass is 414 g/mol. The van der Waals surface area contributed by atoms with Gasteiger partial charge in [0.2, 0.25) is 0 Å². The Morgan fingerprint density at radius 2 is 1.81 bits per heavy atom. The second-order valence-corrected chi connectivity index (χ2v) is 8.17. The number of piperazine rings is 1. The van der Waals surface area contributed by atoms with Gasteiger partial charge in [0.15, 0.2) is 0 Å². The van der Waals surface area contributed by atoms with E-state index in [-0.39, 0.29) is 5.92 Å². The van der Waals surface area contributed by atoms with Crippen LogP contribution in [0.2, 0.25) is 0 Å². The molecule has 2 aromatic carbocycles. The first kappa shape index (κ1) is 21.1. The normalized spacial score (nSPS) is 15.7. The molecule has 0 saturated carbocycles. The lowest BCUT2D eigenvalue weighted by molar-refractivity contribution is 0.317. The molecule has 4 rings (SSSR count). The molecule has 0 radical (unpaired) electrons. The number of rotatable bonds is 6. The molecule has 0 amide bonds. The molecule has 0 spiro atoms. The second kappa shape index (κ2) is 9.75. The van der Waals surface area contributed by atoms with Gasteiger partial charge in [0, 0.05) is 61.7 Å². The summed E-state index contributed by atoms with van der Waals surface area (Å²) in [6.45, 7) is 8.20. The smallest absolute Gasteiger partial charge is 0.0878 e. The molecule has 1 fully saturated rings. The fourth-order valence-electron chi connectivity index (χ4n) is 4.36. The maximum absolute atomic E-state index is 9.85. The first-order chi connectivity index (χ1) is 15.2. The number of pyridine rings is 1. The zero-order valence-electron chi connectivity index (χ0n) is 18.3. The fourth-order valence-corrected chi connectivity index (χ4v) is 4.36. The Bertz CT molecular complexity index is 1040. The standard InChI is InChI=1S/C26H30N4O/c1-19-5-3-4-6-24(19)25(18-26(29-31)22-11-12-28-20(2)17-22)21-7-9-23(10-8-21)30-15-13-27-14-16-30/h3-12,17,25,27,31H,13-16,18H2,1-2H3/b29-26+/t25-/m1/s1. The van der Waals surface area contributed by atoms with Crippen LogP contribution in [0, 0.1) is 13.8 Å². The van der Waals surface area contributed by atoms with Gasteiger partial charge in [-0.15, -0.1) is 0 Å². The van der Waals surface area contributed by atoms with Crippen molar-refractivity contribution in [1.29, 1.82) is 0 Å². The highest BCUT2D eigenvalue weighted by Crippen LogP contribution is 2.33. The van der Waals surface area contributed by atoms with Crippen LogP contribution >= 0.6 is 0 Å². The molecule has 2 N–H and O–H groups in total. The van der Waals surface area contributed by atoms with Gasteiger partial charge in [-0.2, -0.15) is 0 Å². The number of nitrogens with one attached hydrogen (secondary N) is 1. The van der Waals surface area contributed by atoms with E-state index in [9.17, 15) is 5.21 Å². The zero-order chi connectivity index (χ0) is 21.6. The van der Waals surface area contributed by atoms with Gasteiger partial charge in [-0.25, -0.2) is 0 Å². The Hall–Kier alpha value is -3.18. The van der Waals surface area contributed by atoms with Crippen LogP contribution in [-0.2, 0) is 0 Å². The number of oxime groups is 1. The quantitative estimate of drug-likeness (QED) is 0.354. The fraction of sp³-hybridized carbons (Fsp3) is 0.308. The van der Waals surface area contributed by atoms with E-state index in [0.717, 1.165) is 37.4 Å². The van der Waals surface area contributed by atoms with Crippen LogP contribution in [0.1, 0.15) is 40.3 Å². The number of nitrogens with zero attached hydrogens (tertiary/aromatic N) is 3. The van der Waals surface area contributed by atoms with Crippen LogP contribution in [0.5, 0.6) is 0 Å². The molecular formula is C26H30N4O. The topological polar surface area (TPSA) is 60.8 Å². The van der Waals surface area contributed by atoms with Crippen molar-refractivity contribution in [2.75, 3.05) is 31.1 Å². The Morgan fingerprint density at radius 1 is 1.06 bits per heavy atom. The molecule has 1 atom stereocenters. The molecule has 1 aliphatic rings. The van der Waals surface area contributed by atoms with E-state index < -0.39 is 0 Å². The van der Waals surface area contributed by atoms with E-state index in [2.05, 4.69) is 75.8 Å². The van der Waals surface area contributed by atoms with Gasteiger partial charge in [-0.05, 0) is 54.8 Å². The lowest BCUT2D eigenvalue weighted by Crippen LogP contribution is -2.43. The van der Waals surface area contributed by atoms with Crippen LogP contribution in [-0.4, -0.2) is 42.1 Å². The van der Waals surface area contributed by atoms with Gasteiger partial charge in [-0.3, -0.25) is 4.98 Å². The highest BCUT2D eigenvalue weighted by molar-refractivity contribution is 6.01. The summed E-state index contributed by atoms with van der Waals surface area (Å²) in [5, 5.41) is 16.9. The molecule has 1 aliphatic heterocycles. The van der Waals surface area contributed by atoms with Crippen LogP contribution in [0.15, 0.2) is 72.0 Å². The third-order valence-electron chi connectivity index (χ3n) is 6.09. The minimum absolute atomic E-state index is 0.0950. The van der Waals surface area contributed by atoms with E-state index in [0.29, 0.717) is 12.1 Å². The number of aromatic nitrogens is 1. The third-order valence-corrected chi connectivity index (χ3v) is 6.09. The first-order valence-corrected chi connectivity index (χ1v) is 10.9. The minimum atomic E-state index is 0.0950. The van der Waals surface area contributed by atoms with Gasteiger partial charge >= 0.3 is 0 Å². The van der Waals surface area contributed by atoms with Crippen molar-refractivity contribution in [2.45, 2.75) is 26.2 Å². The molecule has 1 saturated heterocycles. The lowest BCUT2D eigenvalue weighted by atomic mass is 9.83. The number of benzene rings is 2. The molecule has 31 heavy (non-hydrogen) atoms. The first-order valence-electron chi connectivity index (χ1n) is 10.9. The Balaban J connectivity index is 1.67. The Morgan fingerprint density at radius 3 is 2.48 bits per heavy atom. The summed E-state index contributed by atoms with van der Waals surface area (Å²) in [5.74, 6) is 0.0950. The summed E-state index contributed by atoms with van der Waals surface area (Å²) in [4.78, 5) is 6.69. The van der Waals surface area contributed by atoms with Crippen molar-refractivity contribution in [2.24, 2.45) is 5.16 Å². The van der Waals surface area contributed by atoms with E-state index >= 15 is 0 Å². The molecule has 1 aromatic heterocycles. The van der Waals surface area contributed by atoms with Crippen LogP contribution in [0.3, 0.4) is 0 Å². The molecule has 2 heterocycles. The molecule has 0 unspecified atom stereocenters. The highest BCUT2D eigenvalue weighted by Gasteiger charge is 2.21. The molecular weight excluding hydrogens is 384 g/mol. The van der Waals surface area contributed by atoms with Crippen molar-refractivity contribution in [3.05, 3.63) is 94.8 Å². The van der Waals surface area contributed by atoms with Crippen LogP contribution in [0.25, 0.3) is 0 Å². The van der Waals surface area contributed by atoms with Gasteiger partial charge in [-0.1, -0.05) is 41.6 Å². The number of anilines is 1. The van der Waals surface area contributed by atoms with E-state index in [1.165, 1.54) is 22.4 Å². The maximum atomic E-state index is 9.85. The molecule has 5 heteroatoms. The molecule has 0 aliphatic carbocycles. The summed E-state index contributed by atoms with van der Waals surface area (Å²) in [6, 6.07) is 21.2. The van der Waals surface area contributed by atoms with Crippen molar-refractivity contribution in [1.82, 2.24) is 10.3 Å². The van der Waals surface area contributed by atoms with Gasteiger partial charge in [0.1, 0.15) is 0 Å². The van der Waals surface area contributed by atoms with Crippen LogP contribution < -0.4 is 10.2 Å². The average Bonchev–Trinajstić information content (AvgIpc) is 2.81. The van der Waals surface area contributed by atoms with Crippen molar-refractivity contribution >= 4 is 11.4 Å². The lowest BCUT2D eigenvalue weighted by Gasteiger charge is -2.30.